The van der Waals surface area contributed by atoms with Crippen molar-refractivity contribution < 1.29 is 9.30 Å². The summed E-state index contributed by atoms with van der Waals surface area (Å²) in [6, 6.07) is 3.56. The summed E-state index contributed by atoms with van der Waals surface area (Å²) < 4.78 is 6.95. The molecule has 110 valence electrons. The molecular weight excluding hydrogens is 286 g/mol. The van der Waals surface area contributed by atoms with E-state index in [0.29, 0.717) is 5.56 Å². The third kappa shape index (κ3) is 2.07. The van der Waals surface area contributed by atoms with E-state index in [1.807, 2.05) is 13.2 Å². The quantitative estimate of drug-likeness (QED) is 0.421. The number of aryl methyl sites for hydroxylation is 1. The second kappa shape index (κ2) is 4.94. The van der Waals surface area contributed by atoms with Crippen LogP contribution in [0.15, 0.2) is 39.7 Å². The molecule has 2 aromatic heterocycles. The van der Waals surface area contributed by atoms with E-state index in [1.165, 1.54) is 0 Å². The maximum Gasteiger partial charge on any atom is 0.328 e. The van der Waals surface area contributed by atoms with Crippen molar-refractivity contribution in [2.75, 3.05) is 0 Å². The average molecular weight is 298 g/mol. The van der Waals surface area contributed by atoms with Crippen LogP contribution in [0.1, 0.15) is 17.0 Å². The zero-order chi connectivity index (χ0) is 15.9. The third-order valence-corrected chi connectivity index (χ3v) is 3.40. The van der Waals surface area contributed by atoms with Crippen molar-refractivity contribution in [1.29, 1.82) is 10.8 Å². The third-order valence-electron chi connectivity index (χ3n) is 3.40. The number of pyridine rings is 1. The maximum absolute atomic E-state index is 12.2. The van der Waals surface area contributed by atoms with Gasteiger partial charge in [0.25, 0.3) is 5.56 Å². The molecule has 0 saturated carbocycles. The van der Waals surface area contributed by atoms with E-state index >= 15 is 0 Å². The Hall–Kier alpha value is -3.25. The van der Waals surface area contributed by atoms with Crippen LogP contribution in [-0.2, 0) is 7.05 Å². The van der Waals surface area contributed by atoms with Crippen LogP contribution in [0.3, 0.4) is 0 Å². The molecular formula is C14H12N5O3+. The highest BCUT2D eigenvalue weighted by molar-refractivity contribution is 6.04. The molecule has 3 heterocycles. The molecule has 0 saturated heterocycles. The maximum atomic E-state index is 12.2. The average Bonchev–Trinajstić information content (AvgIpc) is 2.45. The predicted molar refractivity (Wildman–Crippen MR) is 76.7 cm³/mol. The number of aromatic nitrogens is 3. The fraction of sp³-hybridized carbons (Fsp3) is 0.143. The van der Waals surface area contributed by atoms with E-state index in [1.54, 1.807) is 22.9 Å². The normalized spacial score (nSPS) is 16.7. The molecule has 0 radical (unpaired) electrons. The van der Waals surface area contributed by atoms with Gasteiger partial charge in [0.1, 0.15) is 7.05 Å². The summed E-state index contributed by atoms with van der Waals surface area (Å²) >= 11 is 0. The molecule has 2 aromatic rings. The summed E-state index contributed by atoms with van der Waals surface area (Å²) in [7, 11) is 1.82. The fourth-order valence-corrected chi connectivity index (χ4v) is 2.49. The molecule has 1 aliphatic heterocycles. The van der Waals surface area contributed by atoms with Crippen molar-refractivity contribution in [3.05, 3.63) is 62.1 Å². The van der Waals surface area contributed by atoms with Crippen molar-refractivity contribution in [2.24, 2.45) is 7.05 Å². The van der Waals surface area contributed by atoms with Crippen molar-refractivity contribution in [1.82, 2.24) is 9.97 Å². The van der Waals surface area contributed by atoms with Gasteiger partial charge in [0.2, 0.25) is 11.8 Å². The molecule has 1 unspecified atom stereocenters. The van der Waals surface area contributed by atoms with E-state index in [2.05, 4.69) is 15.8 Å². The van der Waals surface area contributed by atoms with E-state index < -0.39 is 17.2 Å². The van der Waals surface area contributed by atoms with E-state index in [9.17, 15) is 9.59 Å². The van der Waals surface area contributed by atoms with Crippen molar-refractivity contribution >= 4 is 11.8 Å². The van der Waals surface area contributed by atoms with Gasteiger partial charge in [-0.1, -0.05) is 0 Å². The molecule has 4 N–H and O–H groups in total. The van der Waals surface area contributed by atoms with Crippen LogP contribution < -0.4 is 20.6 Å². The van der Waals surface area contributed by atoms with Gasteiger partial charge in [0, 0.05) is 11.6 Å². The summed E-state index contributed by atoms with van der Waals surface area (Å²) in [5.41, 5.74) is -0.369. The van der Waals surface area contributed by atoms with Gasteiger partial charge in [-0.2, -0.15) is 0 Å². The number of fused-ring (bicyclic) bond motifs is 1. The molecule has 22 heavy (non-hydrogen) atoms. The van der Waals surface area contributed by atoms with E-state index in [4.69, 9.17) is 15.6 Å². The van der Waals surface area contributed by atoms with Gasteiger partial charge in [0.05, 0.1) is 17.1 Å². The molecule has 1 atom stereocenters. The minimum atomic E-state index is -0.712. The highest BCUT2D eigenvalue weighted by Gasteiger charge is 2.36. The second-order valence-electron chi connectivity index (χ2n) is 4.86. The zero-order valence-electron chi connectivity index (χ0n) is 11.6. The highest BCUT2D eigenvalue weighted by atomic mass is 16.5. The van der Waals surface area contributed by atoms with Crippen molar-refractivity contribution in [3.63, 3.8) is 0 Å². The van der Waals surface area contributed by atoms with Crippen molar-refractivity contribution in [2.45, 2.75) is 5.92 Å². The van der Waals surface area contributed by atoms with Crippen LogP contribution >= 0.6 is 0 Å². The Balaban J connectivity index is 2.36. The first-order chi connectivity index (χ1) is 10.5. The van der Waals surface area contributed by atoms with Crippen LogP contribution in [0.2, 0.25) is 0 Å². The van der Waals surface area contributed by atoms with Gasteiger partial charge in [0.15, 0.2) is 12.4 Å². The Morgan fingerprint density at radius 1 is 1.36 bits per heavy atom. The largest absolute Gasteiger partial charge is 0.422 e. The number of hydrogen-bond donors (Lipinski definition) is 4. The Labute approximate surface area is 123 Å². The summed E-state index contributed by atoms with van der Waals surface area (Å²) in [5.74, 6) is 1.07. The Morgan fingerprint density at radius 2 is 2.14 bits per heavy atom. The zero-order valence-corrected chi connectivity index (χ0v) is 11.6. The molecule has 3 rings (SSSR count). The minimum absolute atomic E-state index is 0.0748. The summed E-state index contributed by atoms with van der Waals surface area (Å²) in [6.07, 6.45) is 3.59. The second-order valence-corrected chi connectivity index (χ2v) is 4.86. The predicted octanol–water partition coefficient (Wildman–Crippen LogP) is -0.436. The number of hydrogen-bond acceptors (Lipinski definition) is 5. The van der Waals surface area contributed by atoms with Gasteiger partial charge in [-0.3, -0.25) is 25.6 Å². The lowest BCUT2D eigenvalue weighted by atomic mass is 9.85. The number of H-pyrrole nitrogens is 2. The lowest BCUT2D eigenvalue weighted by molar-refractivity contribution is -0.671. The smallest absolute Gasteiger partial charge is 0.328 e. The molecule has 0 fully saturated rings. The topological polar surface area (TPSA) is 127 Å². The molecule has 0 amide bonds. The summed E-state index contributed by atoms with van der Waals surface area (Å²) in [5, 5.41) is 15.3. The first kappa shape index (κ1) is 13.7. The highest BCUT2D eigenvalue weighted by Crippen LogP contribution is 2.36. The van der Waals surface area contributed by atoms with E-state index in [-0.39, 0.29) is 22.9 Å². The molecule has 0 bridgehead atoms. The SMILES string of the molecule is C[n+]1cccc(C2C(=C=N)C(=N)Oc3[nH]c(=O)[nH]c(=O)c32)c1. The first-order valence-corrected chi connectivity index (χ1v) is 6.39. The van der Waals surface area contributed by atoms with Crippen LogP contribution in [0, 0.1) is 10.8 Å². The number of rotatable bonds is 1. The molecule has 0 aromatic carbocycles. The standard InChI is InChI=1S/C14H11N5O3/c1-19-4-2-3-7(6-19)9-8(5-15)11(16)22-13-10(9)12(20)17-14(21)18-13/h2-4,6,9,15-16H,1H3,(H-,17,18,20,21)/p+1. The van der Waals surface area contributed by atoms with Gasteiger partial charge >= 0.3 is 5.69 Å². The number of ether oxygens (including phenoxy) is 1. The van der Waals surface area contributed by atoms with Crippen LogP contribution in [0.4, 0.5) is 0 Å². The van der Waals surface area contributed by atoms with Crippen molar-refractivity contribution in [3.8, 4) is 5.88 Å². The van der Waals surface area contributed by atoms with Gasteiger partial charge in [-0.05, 0) is 11.9 Å². The minimum Gasteiger partial charge on any atom is -0.422 e. The van der Waals surface area contributed by atoms with Crippen LogP contribution in [0.5, 0.6) is 5.88 Å². The van der Waals surface area contributed by atoms with Crippen LogP contribution in [0.25, 0.3) is 0 Å². The Kier molecular flexibility index (Phi) is 3.08. The number of nitrogens with one attached hydrogen (secondary N) is 4. The molecule has 8 nitrogen and oxygen atoms in total. The van der Waals surface area contributed by atoms with Crippen LogP contribution in [-0.4, -0.2) is 21.7 Å². The van der Waals surface area contributed by atoms with E-state index in [0.717, 1.165) is 0 Å². The number of nitrogens with zero attached hydrogens (tertiary/aromatic N) is 1. The molecule has 1 aliphatic rings. The first-order valence-electron chi connectivity index (χ1n) is 6.39. The van der Waals surface area contributed by atoms with Gasteiger partial charge in [-0.25, -0.2) is 9.36 Å². The molecule has 8 heteroatoms. The van der Waals surface area contributed by atoms with Gasteiger partial charge in [-0.15, -0.1) is 0 Å². The summed E-state index contributed by atoms with van der Waals surface area (Å²) in [4.78, 5) is 28.1. The van der Waals surface area contributed by atoms with Gasteiger partial charge < -0.3 is 4.74 Å². The number of aromatic amines is 2. The molecule has 0 aliphatic carbocycles. The summed E-state index contributed by atoms with van der Waals surface area (Å²) in [6.45, 7) is 0. The fourth-order valence-electron chi connectivity index (χ4n) is 2.49. The monoisotopic (exact) mass is 298 g/mol. The lowest BCUT2D eigenvalue weighted by Gasteiger charge is -2.24. The lowest BCUT2D eigenvalue weighted by Crippen LogP contribution is -2.36. The Morgan fingerprint density at radius 3 is 2.82 bits per heavy atom. The molecule has 0 spiro atoms. The Bertz CT molecular complexity index is 949.